The van der Waals surface area contributed by atoms with Gasteiger partial charge in [-0.15, -0.1) is 0 Å². The average Bonchev–Trinajstić information content (AvgIpc) is 2.46. The van der Waals surface area contributed by atoms with E-state index in [2.05, 4.69) is 15.9 Å². The molecule has 0 atom stereocenters. The van der Waals surface area contributed by atoms with Crippen LogP contribution in [0.4, 0.5) is 5.69 Å². The van der Waals surface area contributed by atoms with Crippen LogP contribution in [-0.2, 0) is 5.33 Å². The van der Waals surface area contributed by atoms with Gasteiger partial charge in [-0.1, -0.05) is 46.3 Å². The van der Waals surface area contributed by atoms with E-state index in [0.717, 1.165) is 16.7 Å². The lowest BCUT2D eigenvalue weighted by Gasteiger charge is -2.12. The van der Waals surface area contributed by atoms with Crippen molar-refractivity contribution in [3.63, 3.8) is 0 Å². The summed E-state index contributed by atoms with van der Waals surface area (Å²) in [5, 5.41) is 11.5. The number of non-ortho nitro benzene ring substituents is 1. The maximum Gasteiger partial charge on any atom is 0.270 e. The van der Waals surface area contributed by atoms with Crippen LogP contribution in [0.2, 0.25) is 0 Å². The van der Waals surface area contributed by atoms with E-state index < -0.39 is 4.92 Å². The van der Waals surface area contributed by atoms with Crippen molar-refractivity contribution < 1.29 is 9.66 Å². The summed E-state index contributed by atoms with van der Waals surface area (Å²) in [5.74, 6) is 0.661. The fourth-order valence-corrected chi connectivity index (χ4v) is 2.37. The predicted octanol–water partition coefficient (Wildman–Crippen LogP) is 4.17. The smallest absolute Gasteiger partial charge is 0.270 e. The maximum atomic E-state index is 11.0. The first-order valence-corrected chi connectivity index (χ1v) is 6.76. The third-order valence-corrected chi connectivity index (χ3v) is 3.40. The first-order chi connectivity index (χ1) is 9.17. The van der Waals surface area contributed by atoms with E-state index in [9.17, 15) is 10.1 Å². The highest BCUT2D eigenvalue weighted by atomic mass is 79.9. The molecule has 0 N–H and O–H groups in total. The number of hydrogen-bond donors (Lipinski definition) is 0. The Morgan fingerprint density at radius 1 is 1.26 bits per heavy atom. The van der Waals surface area contributed by atoms with Crippen molar-refractivity contribution in [3.8, 4) is 16.9 Å². The van der Waals surface area contributed by atoms with Crippen LogP contribution in [0, 0.1) is 10.1 Å². The van der Waals surface area contributed by atoms with Gasteiger partial charge in [-0.05, 0) is 5.56 Å². The number of benzene rings is 2. The van der Waals surface area contributed by atoms with E-state index in [1.54, 1.807) is 13.2 Å². The fraction of sp³-hybridized carbons (Fsp3) is 0.143. The molecule has 2 aromatic carbocycles. The molecule has 0 saturated carbocycles. The van der Waals surface area contributed by atoms with Gasteiger partial charge in [-0.3, -0.25) is 10.1 Å². The van der Waals surface area contributed by atoms with Crippen LogP contribution in [0.3, 0.4) is 0 Å². The molecule has 0 radical (unpaired) electrons. The van der Waals surface area contributed by atoms with Crippen molar-refractivity contribution in [2.75, 3.05) is 7.11 Å². The van der Waals surface area contributed by atoms with Crippen molar-refractivity contribution in [1.82, 2.24) is 0 Å². The zero-order valence-electron chi connectivity index (χ0n) is 10.3. The lowest BCUT2D eigenvalue weighted by Crippen LogP contribution is -1.97. The van der Waals surface area contributed by atoms with Crippen molar-refractivity contribution in [3.05, 3.63) is 58.1 Å². The molecule has 2 rings (SSSR count). The highest BCUT2D eigenvalue weighted by Crippen LogP contribution is 2.37. The Morgan fingerprint density at radius 2 is 1.95 bits per heavy atom. The van der Waals surface area contributed by atoms with E-state index in [4.69, 9.17) is 4.74 Å². The van der Waals surface area contributed by atoms with Crippen LogP contribution in [0.15, 0.2) is 42.5 Å². The minimum atomic E-state index is -0.391. The lowest BCUT2D eigenvalue weighted by molar-refractivity contribution is -0.384. The average molecular weight is 322 g/mol. The fourth-order valence-electron chi connectivity index (χ4n) is 1.95. The number of alkyl halides is 1. The number of nitrogens with zero attached hydrogens (tertiary/aromatic N) is 1. The van der Waals surface area contributed by atoms with Crippen LogP contribution in [0.1, 0.15) is 5.56 Å². The number of halogens is 1. The van der Waals surface area contributed by atoms with Crippen LogP contribution in [0.25, 0.3) is 11.1 Å². The number of methoxy groups -OCH3 is 1. The van der Waals surface area contributed by atoms with Gasteiger partial charge in [0.2, 0.25) is 0 Å². The molecule has 4 nitrogen and oxygen atoms in total. The van der Waals surface area contributed by atoms with Gasteiger partial charge in [-0.2, -0.15) is 0 Å². The van der Waals surface area contributed by atoms with E-state index >= 15 is 0 Å². The van der Waals surface area contributed by atoms with Gasteiger partial charge in [0, 0.05) is 28.6 Å². The summed E-state index contributed by atoms with van der Waals surface area (Å²) in [7, 11) is 1.57. The van der Waals surface area contributed by atoms with Gasteiger partial charge in [0.05, 0.1) is 12.0 Å². The molecule has 0 aliphatic rings. The number of rotatable bonds is 4. The molecule has 0 spiro atoms. The van der Waals surface area contributed by atoms with E-state index in [1.165, 1.54) is 6.07 Å². The van der Waals surface area contributed by atoms with Crippen LogP contribution in [-0.4, -0.2) is 12.0 Å². The minimum Gasteiger partial charge on any atom is -0.496 e. The summed E-state index contributed by atoms with van der Waals surface area (Å²) in [6.45, 7) is 0. The molecule has 98 valence electrons. The lowest BCUT2D eigenvalue weighted by atomic mass is 10.0. The first-order valence-electron chi connectivity index (χ1n) is 5.64. The molecular formula is C14H12BrNO3. The van der Waals surface area contributed by atoms with Gasteiger partial charge < -0.3 is 4.74 Å². The van der Waals surface area contributed by atoms with Gasteiger partial charge in [0.25, 0.3) is 5.69 Å². The Labute approximate surface area is 119 Å². The molecule has 2 aromatic rings. The van der Waals surface area contributed by atoms with E-state index in [1.807, 2.05) is 30.3 Å². The van der Waals surface area contributed by atoms with Gasteiger partial charge in [0.1, 0.15) is 5.75 Å². The molecule has 0 aromatic heterocycles. The van der Waals surface area contributed by atoms with Gasteiger partial charge >= 0.3 is 0 Å². The van der Waals surface area contributed by atoms with Crippen molar-refractivity contribution in [2.24, 2.45) is 0 Å². The summed E-state index contributed by atoms with van der Waals surface area (Å²) < 4.78 is 5.40. The Hall–Kier alpha value is -1.88. The highest BCUT2D eigenvalue weighted by Gasteiger charge is 2.17. The Bertz CT molecular complexity index is 599. The molecule has 0 fully saturated rings. The molecule has 19 heavy (non-hydrogen) atoms. The molecule has 0 aliphatic carbocycles. The second kappa shape index (κ2) is 5.84. The van der Waals surface area contributed by atoms with Gasteiger partial charge in [0.15, 0.2) is 0 Å². The summed E-state index contributed by atoms with van der Waals surface area (Å²) in [5.41, 5.74) is 2.45. The minimum absolute atomic E-state index is 0.0640. The Morgan fingerprint density at radius 3 is 2.47 bits per heavy atom. The number of hydrogen-bond acceptors (Lipinski definition) is 3. The maximum absolute atomic E-state index is 11.0. The third kappa shape index (κ3) is 2.76. The summed E-state index contributed by atoms with van der Waals surface area (Å²) in [6, 6.07) is 12.6. The third-order valence-electron chi connectivity index (χ3n) is 2.79. The largest absolute Gasteiger partial charge is 0.496 e. The van der Waals surface area contributed by atoms with Crippen molar-refractivity contribution >= 4 is 21.6 Å². The van der Waals surface area contributed by atoms with E-state index in [-0.39, 0.29) is 5.69 Å². The topological polar surface area (TPSA) is 52.4 Å². The zero-order chi connectivity index (χ0) is 13.8. The SMILES string of the molecule is COc1c(CBr)cc([N+](=O)[O-])cc1-c1ccccc1. The molecule has 0 aliphatic heterocycles. The highest BCUT2D eigenvalue weighted by molar-refractivity contribution is 9.08. The summed E-state index contributed by atoms with van der Waals surface area (Å²) in [6.07, 6.45) is 0. The molecule has 0 saturated heterocycles. The molecular weight excluding hydrogens is 310 g/mol. The van der Waals surface area contributed by atoms with Crippen LogP contribution < -0.4 is 4.74 Å². The summed E-state index contributed by atoms with van der Waals surface area (Å²) >= 11 is 3.34. The van der Waals surface area contributed by atoms with E-state index in [0.29, 0.717) is 11.1 Å². The Kier molecular flexibility index (Phi) is 4.16. The predicted molar refractivity (Wildman–Crippen MR) is 77.7 cm³/mol. The molecule has 0 heterocycles. The first kappa shape index (κ1) is 13.5. The Balaban J connectivity index is 2.70. The van der Waals surface area contributed by atoms with Crippen LogP contribution >= 0.6 is 15.9 Å². The number of nitro benzene ring substituents is 1. The second-order valence-electron chi connectivity index (χ2n) is 3.94. The number of ether oxygens (including phenoxy) is 1. The van der Waals surface area contributed by atoms with Gasteiger partial charge in [-0.25, -0.2) is 0 Å². The molecule has 0 amide bonds. The van der Waals surface area contributed by atoms with Crippen LogP contribution in [0.5, 0.6) is 5.75 Å². The summed E-state index contributed by atoms with van der Waals surface area (Å²) in [4.78, 5) is 10.6. The number of nitro groups is 1. The molecule has 0 unspecified atom stereocenters. The monoisotopic (exact) mass is 321 g/mol. The second-order valence-corrected chi connectivity index (χ2v) is 4.50. The quantitative estimate of drug-likeness (QED) is 0.482. The molecule has 5 heteroatoms. The molecule has 0 bridgehead atoms. The zero-order valence-corrected chi connectivity index (χ0v) is 11.9. The van der Waals surface area contributed by atoms with Crippen molar-refractivity contribution in [2.45, 2.75) is 5.33 Å². The normalized spacial score (nSPS) is 10.2. The standard InChI is InChI=1S/C14H12BrNO3/c1-19-14-11(9-15)7-12(16(17)18)8-13(14)10-5-3-2-4-6-10/h2-8H,9H2,1H3. The van der Waals surface area contributed by atoms with Crippen molar-refractivity contribution in [1.29, 1.82) is 0 Å².